The van der Waals surface area contributed by atoms with Crippen molar-refractivity contribution in [2.75, 3.05) is 0 Å². The summed E-state index contributed by atoms with van der Waals surface area (Å²) in [5.41, 5.74) is 23.1. The molecule has 17 rings (SSSR count). The molecule has 3 aromatic heterocycles. The van der Waals surface area contributed by atoms with E-state index in [4.69, 9.17) is 21.5 Å². The highest BCUT2D eigenvalue weighted by molar-refractivity contribution is 6.14. The topological polar surface area (TPSA) is 100 Å². The zero-order valence-electron chi connectivity index (χ0n) is 52.8. The normalized spacial score (nSPS) is 11.2. The molecule has 0 bridgehead atoms. The lowest BCUT2D eigenvalue weighted by Gasteiger charge is -2.18. The third-order valence-electron chi connectivity index (χ3n) is 18.7. The fraction of sp³-hybridized carbons (Fsp3) is 0. The number of fused-ring (bicyclic) bond motifs is 6. The maximum atomic E-state index is 11.0. The van der Waals surface area contributed by atoms with Gasteiger partial charge >= 0.3 is 0 Å². The minimum atomic E-state index is 0.398. The van der Waals surface area contributed by atoms with Crippen molar-refractivity contribution < 1.29 is 0 Å². The molecule has 0 unspecified atom stereocenters. The van der Waals surface area contributed by atoms with Crippen LogP contribution in [-0.2, 0) is 0 Å². The van der Waals surface area contributed by atoms with Gasteiger partial charge in [-0.3, -0.25) is 0 Å². The summed E-state index contributed by atoms with van der Waals surface area (Å²) >= 11 is 0. The van der Waals surface area contributed by atoms with E-state index in [1.54, 1.807) is 0 Å². The van der Waals surface area contributed by atoms with Gasteiger partial charge in [0.25, 0.3) is 0 Å². The maximum Gasteiger partial charge on any atom is 0.194 e. The van der Waals surface area contributed by atoms with Crippen LogP contribution in [0, 0.1) is 29.2 Å². The van der Waals surface area contributed by atoms with Gasteiger partial charge in [-0.05, 0) is 170 Å². The smallest absolute Gasteiger partial charge is 0.194 e. The van der Waals surface area contributed by atoms with Crippen LogP contribution in [0.15, 0.2) is 328 Å². The van der Waals surface area contributed by atoms with E-state index in [0.29, 0.717) is 51.0 Å². The fourth-order valence-corrected chi connectivity index (χ4v) is 14.0. The van der Waals surface area contributed by atoms with Gasteiger partial charge in [-0.25, -0.2) is 19.8 Å². The van der Waals surface area contributed by atoms with E-state index in [9.17, 15) is 10.5 Å². The lowest BCUT2D eigenvalue weighted by Crippen LogP contribution is -2.03. The molecular weight excluding hydrogens is 1190 g/mol. The molecule has 98 heavy (non-hydrogen) atoms. The molecule has 0 radical (unpaired) electrons. The van der Waals surface area contributed by atoms with Crippen molar-refractivity contribution in [2.24, 2.45) is 0 Å². The largest absolute Gasteiger partial charge is 0.309 e. The van der Waals surface area contributed by atoms with Gasteiger partial charge in [0, 0.05) is 49.4 Å². The first-order valence-electron chi connectivity index (χ1n) is 32.5. The lowest BCUT2D eigenvalue weighted by molar-refractivity contribution is 1.07. The summed E-state index contributed by atoms with van der Waals surface area (Å²) in [6.07, 6.45) is 0. The molecule has 0 aliphatic heterocycles. The first-order chi connectivity index (χ1) is 48.4. The Hall–Kier alpha value is -13.8. The van der Waals surface area contributed by atoms with Gasteiger partial charge in [0.2, 0.25) is 0 Å². The standard InChI is InChI=1S/C90H54N8/c1-93-81-36-19-18-35-74(81)76-55-69(42-48-83(76)98-86-45-39-64(60-25-10-4-11-26-60)52-79(86)80-53-65(40-46-87(80)98)61-27-12-5-13-28-61)90-95-88(67-32-20-31-66(49-67)72-33-16-14-29-70(72)56-91)94-89(96-90)68-41-47-82(75(54-68)73-34-17-15-30-71(73)57-92)97-84-43-37-62(58-21-6-2-7-22-58)50-77(84)78-51-63(38-44-85(78)97)59-23-8-3-9-24-59/h2-55H. The molecule has 0 saturated heterocycles. The van der Waals surface area contributed by atoms with Crippen LogP contribution in [0.3, 0.4) is 0 Å². The molecule has 0 atom stereocenters. The molecule has 8 heteroatoms. The average molecular weight is 1250 g/mol. The van der Waals surface area contributed by atoms with Gasteiger partial charge in [0.1, 0.15) is 0 Å². The Bertz CT molecular complexity index is 5630. The summed E-state index contributed by atoms with van der Waals surface area (Å²) in [5.74, 6) is 1.21. The number of nitrogens with zero attached hydrogens (tertiary/aromatic N) is 8. The highest BCUT2D eigenvalue weighted by atomic mass is 15.0. The molecule has 0 amide bonds. The molecule has 17 aromatic rings. The summed E-state index contributed by atoms with van der Waals surface area (Å²) in [5, 5.41) is 25.7. The zero-order chi connectivity index (χ0) is 65.6. The summed E-state index contributed by atoms with van der Waals surface area (Å²) in [6.45, 7) is 8.60. The number of rotatable bonds is 12. The van der Waals surface area contributed by atoms with E-state index in [1.165, 1.54) is 0 Å². The average Bonchev–Trinajstić information content (AvgIpc) is 1.57. The van der Waals surface area contributed by atoms with Crippen LogP contribution in [-0.4, -0.2) is 24.1 Å². The van der Waals surface area contributed by atoms with Crippen molar-refractivity contribution >= 4 is 49.3 Å². The molecule has 0 fully saturated rings. The van der Waals surface area contributed by atoms with E-state index < -0.39 is 0 Å². The third kappa shape index (κ3) is 10.3. The van der Waals surface area contributed by atoms with Gasteiger partial charge in [-0.15, -0.1) is 0 Å². The Morgan fingerprint density at radius 3 is 0.980 bits per heavy atom. The Balaban J connectivity index is 0.897. The second kappa shape index (κ2) is 24.6. The first-order valence-corrected chi connectivity index (χ1v) is 32.5. The number of hydrogen-bond acceptors (Lipinski definition) is 5. The molecule has 0 N–H and O–H groups in total. The van der Waals surface area contributed by atoms with Gasteiger partial charge in [0.05, 0.1) is 63.3 Å². The number of benzene rings is 14. The number of hydrogen-bond donors (Lipinski definition) is 0. The van der Waals surface area contributed by atoms with Gasteiger partial charge in [-0.1, -0.05) is 224 Å². The predicted molar refractivity (Wildman–Crippen MR) is 399 cm³/mol. The molecule has 0 saturated carbocycles. The third-order valence-corrected chi connectivity index (χ3v) is 18.7. The highest BCUT2D eigenvalue weighted by Crippen LogP contribution is 2.46. The van der Waals surface area contributed by atoms with Crippen LogP contribution in [0.5, 0.6) is 0 Å². The molecule has 0 aliphatic carbocycles. The van der Waals surface area contributed by atoms with Crippen molar-refractivity contribution in [1.82, 2.24) is 24.1 Å². The summed E-state index contributed by atoms with van der Waals surface area (Å²) in [7, 11) is 0. The summed E-state index contributed by atoms with van der Waals surface area (Å²) in [6, 6.07) is 117. The quantitative estimate of drug-likeness (QED) is 0.113. The summed E-state index contributed by atoms with van der Waals surface area (Å²) in [4.78, 5) is 20.5. The Labute approximate surface area is 566 Å². The van der Waals surface area contributed by atoms with Crippen molar-refractivity contribution in [2.45, 2.75) is 0 Å². The van der Waals surface area contributed by atoms with Crippen LogP contribution >= 0.6 is 0 Å². The van der Waals surface area contributed by atoms with Crippen LogP contribution in [0.4, 0.5) is 5.69 Å². The van der Waals surface area contributed by atoms with Crippen molar-refractivity contribution in [1.29, 1.82) is 10.5 Å². The molecule has 3 heterocycles. The zero-order valence-corrected chi connectivity index (χ0v) is 52.8. The minimum absolute atomic E-state index is 0.398. The molecule has 454 valence electrons. The number of nitriles is 2. The van der Waals surface area contributed by atoms with Crippen molar-refractivity contribution in [3.8, 4) is 136 Å². The second-order valence-corrected chi connectivity index (χ2v) is 24.4. The number of para-hydroxylation sites is 1. The van der Waals surface area contributed by atoms with E-state index in [2.05, 4.69) is 232 Å². The van der Waals surface area contributed by atoms with Crippen molar-refractivity contribution in [3.63, 3.8) is 0 Å². The molecule has 8 nitrogen and oxygen atoms in total. The molecule has 14 aromatic carbocycles. The van der Waals surface area contributed by atoms with Gasteiger partial charge in [0.15, 0.2) is 23.2 Å². The van der Waals surface area contributed by atoms with Crippen LogP contribution < -0.4 is 0 Å². The highest BCUT2D eigenvalue weighted by Gasteiger charge is 2.25. The molecule has 0 aliphatic rings. The van der Waals surface area contributed by atoms with E-state index in [1.807, 2.05) is 121 Å². The Kier molecular flexibility index (Phi) is 14.5. The van der Waals surface area contributed by atoms with Crippen LogP contribution in [0.25, 0.3) is 172 Å². The van der Waals surface area contributed by atoms with Crippen LogP contribution in [0.2, 0.25) is 0 Å². The maximum absolute atomic E-state index is 11.0. The SMILES string of the molecule is [C-]#[N+]c1ccccc1-c1cc(-c2nc(-c3cccc(-c4ccccc4C#N)c3)nc(-c3ccc(-n4c5ccc(-c6ccccc6)cc5c5cc(-c6ccccc6)ccc54)c(-c4ccccc4C#N)c3)n2)ccc1-n1c2ccc(-c3ccccc3)cc2c2cc(-c3ccccc3)ccc21. The van der Waals surface area contributed by atoms with E-state index in [-0.39, 0.29) is 0 Å². The Morgan fingerprint density at radius 2 is 0.571 bits per heavy atom. The van der Waals surface area contributed by atoms with Gasteiger partial charge in [-0.2, -0.15) is 10.5 Å². The van der Waals surface area contributed by atoms with E-state index in [0.717, 1.165) is 133 Å². The predicted octanol–water partition coefficient (Wildman–Crippen LogP) is 23.0. The minimum Gasteiger partial charge on any atom is -0.309 e. The van der Waals surface area contributed by atoms with Gasteiger partial charge < -0.3 is 9.13 Å². The van der Waals surface area contributed by atoms with Crippen molar-refractivity contribution in [3.05, 3.63) is 350 Å². The second-order valence-electron chi connectivity index (χ2n) is 24.4. The Morgan fingerprint density at radius 1 is 0.255 bits per heavy atom. The van der Waals surface area contributed by atoms with Crippen LogP contribution in [0.1, 0.15) is 11.1 Å². The lowest BCUT2D eigenvalue weighted by atomic mass is 9.96. The first kappa shape index (κ1) is 58.0. The summed E-state index contributed by atoms with van der Waals surface area (Å²) < 4.78 is 4.65. The molecular formula is C90H54N8. The molecule has 0 spiro atoms. The van der Waals surface area contributed by atoms with E-state index >= 15 is 0 Å². The number of aromatic nitrogens is 5. The monoisotopic (exact) mass is 1250 g/mol. The fourth-order valence-electron chi connectivity index (χ4n) is 14.0.